The molecule has 31 heavy (non-hydrogen) atoms. The van der Waals surface area contributed by atoms with Crippen molar-refractivity contribution in [2.45, 2.75) is 44.4 Å². The minimum Gasteiger partial charge on any atom is -0.338 e. The van der Waals surface area contributed by atoms with Crippen LogP contribution in [0.25, 0.3) is 0 Å². The summed E-state index contributed by atoms with van der Waals surface area (Å²) in [5.41, 5.74) is 0.417. The number of hydrogen-bond donors (Lipinski definition) is 0. The van der Waals surface area contributed by atoms with Crippen molar-refractivity contribution in [2.24, 2.45) is 0 Å². The SMILES string of the molecule is CC(C(=O)N1CCN(Cc2c(Cl)cccc2Cl)CC1)n1nc(C(F)(F)F)cc1C1CC1. The van der Waals surface area contributed by atoms with E-state index in [2.05, 4.69) is 10.00 Å². The number of alkyl halides is 3. The Hall–Kier alpha value is -1.77. The highest BCUT2D eigenvalue weighted by molar-refractivity contribution is 6.35. The average Bonchev–Trinajstić information content (AvgIpc) is 3.47. The van der Waals surface area contributed by atoms with Gasteiger partial charge in [-0.25, -0.2) is 0 Å². The van der Waals surface area contributed by atoms with E-state index >= 15 is 0 Å². The number of nitrogens with zero attached hydrogens (tertiary/aromatic N) is 4. The smallest absolute Gasteiger partial charge is 0.338 e. The van der Waals surface area contributed by atoms with Gasteiger partial charge < -0.3 is 4.90 Å². The van der Waals surface area contributed by atoms with E-state index in [-0.39, 0.29) is 11.8 Å². The molecule has 0 spiro atoms. The molecule has 1 aromatic heterocycles. The van der Waals surface area contributed by atoms with Crippen molar-refractivity contribution >= 4 is 29.1 Å². The van der Waals surface area contributed by atoms with E-state index in [1.165, 1.54) is 4.68 Å². The standard InChI is InChI=1S/C21H23Cl2F3N4O/c1-13(30-18(14-5-6-14)11-19(27-30)21(24,25)26)20(31)29-9-7-28(8-10-29)12-15-16(22)3-2-4-17(15)23/h2-4,11,13-14H,5-10,12H2,1H3. The predicted molar refractivity (Wildman–Crippen MR) is 112 cm³/mol. The second-order valence-corrected chi connectivity index (χ2v) is 8.96. The topological polar surface area (TPSA) is 41.4 Å². The van der Waals surface area contributed by atoms with Crippen LogP contribution < -0.4 is 0 Å². The fourth-order valence-corrected chi connectivity index (χ4v) is 4.46. The molecule has 1 saturated heterocycles. The van der Waals surface area contributed by atoms with Gasteiger partial charge >= 0.3 is 6.18 Å². The highest BCUT2D eigenvalue weighted by atomic mass is 35.5. The van der Waals surface area contributed by atoms with E-state index in [9.17, 15) is 18.0 Å². The van der Waals surface area contributed by atoms with Crippen molar-refractivity contribution in [3.05, 3.63) is 51.3 Å². The van der Waals surface area contributed by atoms with Gasteiger partial charge in [0.05, 0.1) is 0 Å². The molecule has 1 atom stereocenters. The van der Waals surface area contributed by atoms with Crippen molar-refractivity contribution in [3.63, 3.8) is 0 Å². The van der Waals surface area contributed by atoms with Crippen molar-refractivity contribution in [2.75, 3.05) is 26.2 Å². The fourth-order valence-electron chi connectivity index (χ4n) is 3.94. The van der Waals surface area contributed by atoms with Crippen LogP contribution in [-0.2, 0) is 17.5 Å². The number of carbonyl (C=O) groups excluding carboxylic acids is 1. The van der Waals surface area contributed by atoms with Crippen molar-refractivity contribution in [3.8, 4) is 0 Å². The van der Waals surface area contributed by atoms with Gasteiger partial charge in [0.2, 0.25) is 5.91 Å². The zero-order valence-electron chi connectivity index (χ0n) is 17.0. The van der Waals surface area contributed by atoms with E-state index in [4.69, 9.17) is 23.2 Å². The van der Waals surface area contributed by atoms with Crippen molar-refractivity contribution < 1.29 is 18.0 Å². The highest BCUT2D eigenvalue weighted by Gasteiger charge is 2.40. The van der Waals surface area contributed by atoms with Crippen LogP contribution in [0.4, 0.5) is 13.2 Å². The van der Waals surface area contributed by atoms with Gasteiger partial charge in [-0.2, -0.15) is 18.3 Å². The normalized spacial score (nSPS) is 19.0. The number of rotatable bonds is 5. The first-order chi connectivity index (χ1) is 14.6. The molecule has 10 heteroatoms. The molecule has 168 valence electrons. The lowest BCUT2D eigenvalue weighted by atomic mass is 10.1. The van der Waals surface area contributed by atoms with E-state index < -0.39 is 17.9 Å². The summed E-state index contributed by atoms with van der Waals surface area (Å²) in [5.74, 6) is -0.162. The first-order valence-electron chi connectivity index (χ1n) is 10.3. The van der Waals surface area contributed by atoms with Crippen LogP contribution in [0.3, 0.4) is 0 Å². The quantitative estimate of drug-likeness (QED) is 0.612. The Morgan fingerprint density at radius 3 is 2.32 bits per heavy atom. The van der Waals surface area contributed by atoms with Crippen LogP contribution in [-0.4, -0.2) is 51.7 Å². The first kappa shape index (κ1) is 22.4. The lowest BCUT2D eigenvalue weighted by Crippen LogP contribution is -2.50. The van der Waals surface area contributed by atoms with Crippen molar-refractivity contribution in [1.82, 2.24) is 19.6 Å². The number of aromatic nitrogens is 2. The molecule has 0 radical (unpaired) electrons. The van der Waals surface area contributed by atoms with Gasteiger partial charge in [0, 0.05) is 59.9 Å². The number of amides is 1. The molecule has 1 aliphatic heterocycles. The molecule has 1 aromatic carbocycles. The number of halogens is 5. The van der Waals surface area contributed by atoms with E-state index in [0.29, 0.717) is 48.5 Å². The van der Waals surface area contributed by atoms with Gasteiger partial charge in [-0.1, -0.05) is 29.3 Å². The lowest BCUT2D eigenvalue weighted by Gasteiger charge is -2.36. The Bertz CT molecular complexity index is 946. The minimum atomic E-state index is -4.52. The Labute approximate surface area is 188 Å². The molecule has 2 aromatic rings. The summed E-state index contributed by atoms with van der Waals surface area (Å²) >= 11 is 12.5. The largest absolute Gasteiger partial charge is 0.435 e. The van der Waals surface area contributed by atoms with Gasteiger partial charge in [-0.3, -0.25) is 14.4 Å². The summed E-state index contributed by atoms with van der Waals surface area (Å²) in [6.45, 7) is 4.42. The maximum absolute atomic E-state index is 13.2. The molecule has 1 amide bonds. The zero-order valence-corrected chi connectivity index (χ0v) is 18.5. The zero-order chi connectivity index (χ0) is 22.3. The van der Waals surface area contributed by atoms with E-state index in [1.807, 2.05) is 0 Å². The third kappa shape index (κ3) is 4.86. The highest BCUT2D eigenvalue weighted by Crippen LogP contribution is 2.43. The molecule has 0 bridgehead atoms. The number of carbonyl (C=O) groups is 1. The number of piperazine rings is 1. The average molecular weight is 475 g/mol. The Morgan fingerprint density at radius 1 is 1.16 bits per heavy atom. The summed E-state index contributed by atoms with van der Waals surface area (Å²) in [5, 5.41) is 4.96. The molecule has 1 unspecified atom stereocenters. The van der Waals surface area contributed by atoms with Crippen LogP contribution in [0.2, 0.25) is 10.0 Å². The molecule has 5 nitrogen and oxygen atoms in total. The fraction of sp³-hybridized carbons (Fsp3) is 0.524. The first-order valence-corrected chi connectivity index (χ1v) is 11.0. The molecule has 0 N–H and O–H groups in total. The summed E-state index contributed by atoms with van der Waals surface area (Å²) in [4.78, 5) is 16.9. The van der Waals surface area contributed by atoms with Crippen LogP contribution in [0.15, 0.2) is 24.3 Å². The van der Waals surface area contributed by atoms with Crippen LogP contribution in [0.1, 0.15) is 48.7 Å². The predicted octanol–water partition coefficient (Wildman–Crippen LogP) is 4.99. The van der Waals surface area contributed by atoms with Crippen LogP contribution in [0, 0.1) is 0 Å². The molecule has 4 rings (SSSR count). The van der Waals surface area contributed by atoms with Gasteiger partial charge in [0.25, 0.3) is 0 Å². The Balaban J connectivity index is 1.41. The molecule has 1 aliphatic carbocycles. The molecule has 2 heterocycles. The summed E-state index contributed by atoms with van der Waals surface area (Å²) in [6, 6.07) is 5.69. The third-order valence-electron chi connectivity index (χ3n) is 5.90. The maximum Gasteiger partial charge on any atom is 0.435 e. The molecule has 2 aliphatic rings. The molecule has 1 saturated carbocycles. The molecule has 2 fully saturated rings. The summed E-state index contributed by atoms with van der Waals surface area (Å²) in [6.07, 6.45) is -2.87. The summed E-state index contributed by atoms with van der Waals surface area (Å²) < 4.78 is 40.8. The maximum atomic E-state index is 13.2. The number of benzene rings is 1. The number of hydrogen-bond acceptors (Lipinski definition) is 3. The van der Waals surface area contributed by atoms with E-state index in [1.54, 1.807) is 30.0 Å². The monoisotopic (exact) mass is 474 g/mol. The molecular weight excluding hydrogens is 452 g/mol. The lowest BCUT2D eigenvalue weighted by molar-refractivity contribution is -0.143. The Kier molecular flexibility index (Phi) is 6.25. The second-order valence-electron chi connectivity index (χ2n) is 8.15. The minimum absolute atomic E-state index is 0.0519. The van der Waals surface area contributed by atoms with Crippen molar-refractivity contribution in [1.29, 1.82) is 0 Å². The van der Waals surface area contributed by atoms with Gasteiger partial charge in [-0.15, -0.1) is 0 Å². The van der Waals surface area contributed by atoms with Crippen LogP contribution >= 0.6 is 23.2 Å². The molecular formula is C21H23Cl2F3N4O. The Morgan fingerprint density at radius 2 is 1.77 bits per heavy atom. The van der Waals surface area contributed by atoms with Gasteiger partial charge in [0.15, 0.2) is 5.69 Å². The van der Waals surface area contributed by atoms with E-state index in [0.717, 1.165) is 24.5 Å². The van der Waals surface area contributed by atoms with Gasteiger partial charge in [-0.05, 0) is 38.0 Å². The third-order valence-corrected chi connectivity index (χ3v) is 6.61. The van der Waals surface area contributed by atoms with Crippen LogP contribution in [0.5, 0.6) is 0 Å². The second kappa shape index (κ2) is 8.64. The van der Waals surface area contributed by atoms with Gasteiger partial charge in [0.1, 0.15) is 6.04 Å². The summed E-state index contributed by atoms with van der Waals surface area (Å²) in [7, 11) is 0.